The number of fused-ring (bicyclic) bond motifs is 1. The van der Waals surface area contributed by atoms with Crippen LogP contribution in [0, 0.1) is 0 Å². The average Bonchev–Trinajstić information content (AvgIpc) is 2.34. The van der Waals surface area contributed by atoms with E-state index in [9.17, 15) is 0 Å². The maximum absolute atomic E-state index is 5.59. The van der Waals surface area contributed by atoms with Crippen molar-refractivity contribution in [2.24, 2.45) is 0 Å². The first kappa shape index (κ1) is 6.85. The van der Waals surface area contributed by atoms with Crippen LogP contribution in [0.1, 0.15) is 19.5 Å². The topological polar surface area (TPSA) is 27.1 Å². The monoisotopic (exact) mass is 152 g/mol. The summed E-state index contributed by atoms with van der Waals surface area (Å²) in [5.41, 5.74) is 1.01. The molecule has 1 aromatic heterocycles. The van der Waals surface area contributed by atoms with E-state index in [1.807, 2.05) is 16.9 Å². The molecule has 60 valence electrons. The van der Waals surface area contributed by atoms with E-state index in [4.69, 9.17) is 4.74 Å². The molecule has 1 aliphatic rings. The zero-order chi connectivity index (χ0) is 7.90. The summed E-state index contributed by atoms with van der Waals surface area (Å²) in [7, 11) is 0. The van der Waals surface area contributed by atoms with Crippen molar-refractivity contribution in [3.05, 3.63) is 18.0 Å². The lowest BCUT2D eigenvalue weighted by Crippen LogP contribution is -2.33. The van der Waals surface area contributed by atoms with Crippen LogP contribution < -0.4 is 0 Å². The molecule has 0 N–H and O–H groups in total. The van der Waals surface area contributed by atoms with Gasteiger partial charge >= 0.3 is 0 Å². The van der Waals surface area contributed by atoms with E-state index >= 15 is 0 Å². The van der Waals surface area contributed by atoms with E-state index in [2.05, 4.69) is 18.9 Å². The minimum absolute atomic E-state index is 0.158. The molecule has 0 atom stereocenters. The van der Waals surface area contributed by atoms with Crippen LogP contribution in [0.15, 0.2) is 12.3 Å². The fraction of sp³-hybridized carbons (Fsp3) is 0.625. The van der Waals surface area contributed by atoms with E-state index in [0.29, 0.717) is 0 Å². The number of aromatic nitrogens is 2. The van der Waals surface area contributed by atoms with Gasteiger partial charge in [0.15, 0.2) is 0 Å². The van der Waals surface area contributed by atoms with Crippen LogP contribution >= 0.6 is 0 Å². The molecule has 0 aliphatic carbocycles. The minimum atomic E-state index is -0.158. The highest BCUT2D eigenvalue weighted by atomic mass is 16.5. The Bertz CT molecular complexity index is 265. The van der Waals surface area contributed by atoms with Gasteiger partial charge in [0.25, 0.3) is 0 Å². The van der Waals surface area contributed by atoms with Crippen molar-refractivity contribution < 1.29 is 4.74 Å². The number of ether oxygens (including phenoxy) is 1. The Hall–Kier alpha value is -0.830. The highest BCUT2D eigenvalue weighted by molar-refractivity contribution is 5.11. The molecular weight excluding hydrogens is 140 g/mol. The van der Waals surface area contributed by atoms with Gasteiger partial charge in [0.2, 0.25) is 0 Å². The van der Waals surface area contributed by atoms with Crippen molar-refractivity contribution in [3.63, 3.8) is 0 Å². The van der Waals surface area contributed by atoms with E-state index < -0.39 is 0 Å². The molecule has 0 unspecified atom stereocenters. The van der Waals surface area contributed by atoms with E-state index in [1.54, 1.807) is 0 Å². The lowest BCUT2D eigenvalue weighted by atomic mass is 10.0. The van der Waals surface area contributed by atoms with Crippen molar-refractivity contribution >= 4 is 0 Å². The van der Waals surface area contributed by atoms with Crippen LogP contribution in [0.4, 0.5) is 0 Å². The SMILES string of the molecule is CC1(C)OCCn2nccc21. The summed E-state index contributed by atoms with van der Waals surface area (Å²) in [6.07, 6.45) is 1.83. The fourth-order valence-electron chi connectivity index (χ4n) is 1.48. The van der Waals surface area contributed by atoms with Crippen LogP contribution in [-0.2, 0) is 16.9 Å². The predicted octanol–water partition coefficient (Wildman–Crippen LogP) is 1.15. The van der Waals surface area contributed by atoms with Gasteiger partial charge in [0.1, 0.15) is 5.60 Å². The lowest BCUT2D eigenvalue weighted by molar-refractivity contribution is -0.0532. The predicted molar refractivity (Wildman–Crippen MR) is 41.2 cm³/mol. The zero-order valence-corrected chi connectivity index (χ0v) is 6.87. The second-order valence-electron chi connectivity index (χ2n) is 3.30. The Balaban J connectivity index is 2.48. The molecule has 0 fully saturated rings. The maximum Gasteiger partial charge on any atom is 0.104 e. The number of nitrogens with zero attached hydrogens (tertiary/aromatic N) is 2. The van der Waals surface area contributed by atoms with Gasteiger partial charge in [-0.1, -0.05) is 0 Å². The average molecular weight is 152 g/mol. The third-order valence-electron chi connectivity index (χ3n) is 2.10. The molecule has 2 rings (SSSR count). The lowest BCUT2D eigenvalue weighted by Gasteiger charge is -2.30. The van der Waals surface area contributed by atoms with Crippen LogP contribution in [0.2, 0.25) is 0 Å². The highest BCUT2D eigenvalue weighted by Crippen LogP contribution is 2.27. The van der Waals surface area contributed by atoms with Gasteiger partial charge in [-0.25, -0.2) is 0 Å². The van der Waals surface area contributed by atoms with Crippen molar-refractivity contribution in [3.8, 4) is 0 Å². The van der Waals surface area contributed by atoms with Gasteiger partial charge in [-0.2, -0.15) is 5.10 Å². The first-order valence-corrected chi connectivity index (χ1v) is 3.86. The summed E-state index contributed by atoms with van der Waals surface area (Å²) < 4.78 is 7.59. The Morgan fingerprint density at radius 1 is 1.64 bits per heavy atom. The third kappa shape index (κ3) is 0.959. The molecule has 0 radical (unpaired) electrons. The number of hydrogen-bond acceptors (Lipinski definition) is 2. The van der Waals surface area contributed by atoms with Crippen molar-refractivity contribution in [2.75, 3.05) is 6.61 Å². The molecule has 0 amide bonds. The fourth-order valence-corrected chi connectivity index (χ4v) is 1.48. The van der Waals surface area contributed by atoms with E-state index in [0.717, 1.165) is 13.2 Å². The largest absolute Gasteiger partial charge is 0.367 e. The van der Waals surface area contributed by atoms with Crippen LogP contribution in [0.5, 0.6) is 0 Å². The molecule has 0 spiro atoms. The van der Waals surface area contributed by atoms with Crippen LogP contribution in [-0.4, -0.2) is 16.4 Å². The molecule has 0 bridgehead atoms. The molecule has 1 aliphatic heterocycles. The normalized spacial score (nSPS) is 21.3. The second-order valence-corrected chi connectivity index (χ2v) is 3.30. The first-order valence-electron chi connectivity index (χ1n) is 3.86. The minimum Gasteiger partial charge on any atom is -0.367 e. The molecular formula is C8H12N2O. The van der Waals surface area contributed by atoms with Crippen LogP contribution in [0.3, 0.4) is 0 Å². The summed E-state index contributed by atoms with van der Waals surface area (Å²) in [5.74, 6) is 0. The molecule has 3 nitrogen and oxygen atoms in total. The standard InChI is InChI=1S/C8H12N2O/c1-8(2)7-3-4-9-10(7)5-6-11-8/h3-4H,5-6H2,1-2H3. The molecule has 0 saturated heterocycles. The molecule has 11 heavy (non-hydrogen) atoms. The van der Waals surface area contributed by atoms with Gasteiger partial charge in [-0.3, -0.25) is 4.68 Å². The van der Waals surface area contributed by atoms with Crippen molar-refractivity contribution in [1.29, 1.82) is 0 Å². The molecule has 0 aromatic carbocycles. The van der Waals surface area contributed by atoms with Gasteiger partial charge in [-0.15, -0.1) is 0 Å². The van der Waals surface area contributed by atoms with Gasteiger partial charge in [-0.05, 0) is 19.9 Å². The number of hydrogen-bond donors (Lipinski definition) is 0. The molecule has 0 saturated carbocycles. The Labute approximate surface area is 66.0 Å². The smallest absolute Gasteiger partial charge is 0.104 e. The second kappa shape index (κ2) is 2.08. The van der Waals surface area contributed by atoms with Crippen LogP contribution in [0.25, 0.3) is 0 Å². The van der Waals surface area contributed by atoms with E-state index in [1.165, 1.54) is 5.69 Å². The summed E-state index contributed by atoms with van der Waals surface area (Å²) in [6, 6.07) is 2.01. The Kier molecular flexibility index (Phi) is 1.29. The summed E-state index contributed by atoms with van der Waals surface area (Å²) in [6.45, 7) is 5.78. The summed E-state index contributed by atoms with van der Waals surface area (Å²) >= 11 is 0. The van der Waals surface area contributed by atoms with Gasteiger partial charge in [0, 0.05) is 6.20 Å². The third-order valence-corrected chi connectivity index (χ3v) is 2.10. The van der Waals surface area contributed by atoms with Gasteiger partial charge in [0.05, 0.1) is 18.8 Å². The van der Waals surface area contributed by atoms with Gasteiger partial charge < -0.3 is 4.74 Å². The summed E-state index contributed by atoms with van der Waals surface area (Å²) in [5, 5.41) is 4.19. The highest BCUT2D eigenvalue weighted by Gasteiger charge is 2.28. The molecule has 2 heterocycles. The maximum atomic E-state index is 5.59. The molecule has 3 heteroatoms. The van der Waals surface area contributed by atoms with Crippen molar-refractivity contribution in [1.82, 2.24) is 9.78 Å². The quantitative estimate of drug-likeness (QED) is 0.557. The zero-order valence-electron chi connectivity index (χ0n) is 6.87. The Morgan fingerprint density at radius 3 is 3.18 bits per heavy atom. The van der Waals surface area contributed by atoms with E-state index in [-0.39, 0.29) is 5.60 Å². The molecule has 1 aromatic rings. The Morgan fingerprint density at radius 2 is 2.45 bits per heavy atom. The number of rotatable bonds is 0. The van der Waals surface area contributed by atoms with Crippen molar-refractivity contribution in [2.45, 2.75) is 26.0 Å². The first-order chi connectivity index (χ1) is 5.20. The summed E-state index contributed by atoms with van der Waals surface area (Å²) in [4.78, 5) is 0.